The van der Waals surface area contributed by atoms with Crippen LogP contribution in [-0.4, -0.2) is 23.5 Å². The maximum atomic E-state index is 11.0. The van der Waals surface area contributed by atoms with Crippen LogP contribution in [0.4, 0.5) is 0 Å². The van der Waals surface area contributed by atoms with Crippen molar-refractivity contribution in [3.05, 3.63) is 35.5 Å². The second-order valence-electron chi connectivity index (χ2n) is 4.51. The molecule has 1 aromatic heterocycles. The van der Waals surface area contributed by atoms with Gasteiger partial charge in [0.15, 0.2) is 12.9 Å². The highest BCUT2D eigenvalue weighted by molar-refractivity contribution is 5.79. The zero-order valence-electron chi connectivity index (χ0n) is 11.6. The van der Waals surface area contributed by atoms with E-state index < -0.39 is 0 Å². The number of hydrogen-bond donors (Lipinski definition) is 0. The molecular formula is C14H16N2O4. The molecule has 6 heteroatoms. The Morgan fingerprint density at radius 1 is 1.40 bits per heavy atom. The molecular weight excluding hydrogens is 260 g/mol. The van der Waals surface area contributed by atoms with Gasteiger partial charge in [0.2, 0.25) is 11.7 Å². The lowest BCUT2D eigenvalue weighted by molar-refractivity contribution is 0.111. The molecule has 0 aliphatic heterocycles. The Balaban J connectivity index is 2.10. The number of aromatic nitrogens is 2. The van der Waals surface area contributed by atoms with Gasteiger partial charge in [-0.3, -0.25) is 4.79 Å². The number of carbonyl (C=O) groups is 1. The number of carbonyl (C=O) groups excluding carboxylic acids is 1. The molecule has 0 fully saturated rings. The van der Waals surface area contributed by atoms with Crippen LogP contribution in [0.25, 0.3) is 0 Å². The molecule has 0 aliphatic rings. The van der Waals surface area contributed by atoms with E-state index >= 15 is 0 Å². The van der Waals surface area contributed by atoms with Gasteiger partial charge >= 0.3 is 0 Å². The molecule has 0 bridgehead atoms. The predicted octanol–water partition coefficient (Wildman–Crippen LogP) is 2.59. The van der Waals surface area contributed by atoms with Crippen LogP contribution in [0.5, 0.6) is 11.5 Å². The number of methoxy groups -OCH3 is 1. The SMILES string of the molecule is COc1ccc(C=O)c(OCc2noc(C(C)C)n2)c1. The van der Waals surface area contributed by atoms with E-state index in [1.807, 2.05) is 13.8 Å². The number of rotatable bonds is 6. The first-order valence-electron chi connectivity index (χ1n) is 6.22. The van der Waals surface area contributed by atoms with E-state index in [4.69, 9.17) is 14.0 Å². The van der Waals surface area contributed by atoms with E-state index in [2.05, 4.69) is 10.1 Å². The standard InChI is InChI=1S/C14H16N2O4/c1-9(2)14-15-13(16-20-14)8-19-12-6-11(18-3)5-4-10(12)7-17/h4-7,9H,8H2,1-3H3. The summed E-state index contributed by atoms with van der Waals surface area (Å²) in [5, 5.41) is 3.82. The zero-order valence-corrected chi connectivity index (χ0v) is 11.6. The zero-order chi connectivity index (χ0) is 14.5. The molecule has 0 aliphatic carbocycles. The van der Waals surface area contributed by atoms with Crippen molar-refractivity contribution in [1.29, 1.82) is 0 Å². The molecule has 0 N–H and O–H groups in total. The minimum Gasteiger partial charge on any atom is -0.497 e. The number of nitrogens with zero attached hydrogens (tertiary/aromatic N) is 2. The van der Waals surface area contributed by atoms with Gasteiger partial charge in [0.1, 0.15) is 11.5 Å². The van der Waals surface area contributed by atoms with Gasteiger partial charge in [0.05, 0.1) is 12.7 Å². The molecule has 2 rings (SSSR count). The van der Waals surface area contributed by atoms with Crippen LogP contribution >= 0.6 is 0 Å². The third-order valence-corrected chi connectivity index (χ3v) is 2.68. The average molecular weight is 276 g/mol. The van der Waals surface area contributed by atoms with Crippen molar-refractivity contribution in [3.63, 3.8) is 0 Å². The fourth-order valence-corrected chi connectivity index (χ4v) is 1.57. The summed E-state index contributed by atoms with van der Waals surface area (Å²) in [5.41, 5.74) is 0.443. The third kappa shape index (κ3) is 3.14. The van der Waals surface area contributed by atoms with Crippen molar-refractivity contribution in [3.8, 4) is 11.5 Å². The highest BCUT2D eigenvalue weighted by Gasteiger charge is 2.11. The van der Waals surface area contributed by atoms with Gasteiger partial charge in [-0.1, -0.05) is 19.0 Å². The highest BCUT2D eigenvalue weighted by atomic mass is 16.5. The van der Waals surface area contributed by atoms with Gasteiger partial charge in [-0.2, -0.15) is 4.98 Å². The van der Waals surface area contributed by atoms with Crippen molar-refractivity contribution in [2.45, 2.75) is 26.4 Å². The number of ether oxygens (including phenoxy) is 2. The van der Waals surface area contributed by atoms with Crippen LogP contribution in [0, 0.1) is 0 Å². The topological polar surface area (TPSA) is 74.5 Å². The first-order valence-corrected chi connectivity index (χ1v) is 6.22. The van der Waals surface area contributed by atoms with Crippen molar-refractivity contribution < 1.29 is 18.8 Å². The quantitative estimate of drug-likeness (QED) is 0.755. The summed E-state index contributed by atoms with van der Waals surface area (Å²) in [6, 6.07) is 4.98. The number of hydrogen-bond acceptors (Lipinski definition) is 6. The summed E-state index contributed by atoms with van der Waals surface area (Å²) in [7, 11) is 1.55. The Morgan fingerprint density at radius 2 is 2.20 bits per heavy atom. The summed E-state index contributed by atoms with van der Waals surface area (Å²) in [6.07, 6.45) is 0.727. The van der Waals surface area contributed by atoms with Crippen LogP contribution in [0.1, 0.15) is 41.8 Å². The fourth-order valence-electron chi connectivity index (χ4n) is 1.57. The minimum atomic E-state index is 0.129. The number of benzene rings is 1. The lowest BCUT2D eigenvalue weighted by Crippen LogP contribution is -2.01. The molecule has 0 unspecified atom stereocenters. The fraction of sp³-hybridized carbons (Fsp3) is 0.357. The third-order valence-electron chi connectivity index (χ3n) is 2.68. The van der Waals surface area contributed by atoms with Gasteiger partial charge in [0.25, 0.3) is 0 Å². The molecule has 0 radical (unpaired) electrons. The molecule has 0 saturated carbocycles. The van der Waals surface area contributed by atoms with E-state index in [0.717, 1.165) is 6.29 Å². The van der Waals surface area contributed by atoms with E-state index in [1.54, 1.807) is 25.3 Å². The molecule has 0 saturated heterocycles. The van der Waals surface area contributed by atoms with Crippen LogP contribution in [0.15, 0.2) is 22.7 Å². The maximum Gasteiger partial charge on any atom is 0.229 e. The monoisotopic (exact) mass is 276 g/mol. The summed E-state index contributed by atoms with van der Waals surface area (Å²) in [4.78, 5) is 15.2. The Labute approximate surface area is 116 Å². The predicted molar refractivity (Wildman–Crippen MR) is 71.1 cm³/mol. The summed E-state index contributed by atoms with van der Waals surface area (Å²) >= 11 is 0. The van der Waals surface area contributed by atoms with E-state index in [-0.39, 0.29) is 12.5 Å². The Kier molecular flexibility index (Phi) is 4.34. The Morgan fingerprint density at radius 3 is 2.80 bits per heavy atom. The van der Waals surface area contributed by atoms with Crippen molar-refractivity contribution in [2.75, 3.05) is 7.11 Å². The second-order valence-corrected chi connectivity index (χ2v) is 4.51. The van der Waals surface area contributed by atoms with Crippen molar-refractivity contribution in [1.82, 2.24) is 10.1 Å². The molecule has 2 aromatic rings. The molecule has 106 valence electrons. The van der Waals surface area contributed by atoms with Crippen LogP contribution in [0.3, 0.4) is 0 Å². The summed E-state index contributed by atoms with van der Waals surface area (Å²) in [6.45, 7) is 4.06. The van der Waals surface area contributed by atoms with Crippen LogP contribution < -0.4 is 9.47 Å². The van der Waals surface area contributed by atoms with Crippen LogP contribution in [-0.2, 0) is 6.61 Å². The van der Waals surface area contributed by atoms with Gasteiger partial charge in [-0.15, -0.1) is 0 Å². The first kappa shape index (κ1) is 14.0. The lowest BCUT2D eigenvalue weighted by atomic mass is 10.2. The van der Waals surface area contributed by atoms with Crippen molar-refractivity contribution >= 4 is 6.29 Å². The maximum absolute atomic E-state index is 11.0. The highest BCUT2D eigenvalue weighted by Crippen LogP contribution is 2.24. The Bertz CT molecular complexity index is 593. The number of aldehydes is 1. The molecule has 1 heterocycles. The molecule has 0 atom stereocenters. The molecule has 0 spiro atoms. The molecule has 0 amide bonds. The van der Waals surface area contributed by atoms with E-state index in [0.29, 0.717) is 28.8 Å². The van der Waals surface area contributed by atoms with Gasteiger partial charge in [0, 0.05) is 12.0 Å². The molecule has 6 nitrogen and oxygen atoms in total. The van der Waals surface area contributed by atoms with Gasteiger partial charge in [-0.05, 0) is 12.1 Å². The smallest absolute Gasteiger partial charge is 0.229 e. The van der Waals surface area contributed by atoms with Gasteiger partial charge < -0.3 is 14.0 Å². The normalized spacial score (nSPS) is 10.6. The average Bonchev–Trinajstić information content (AvgIpc) is 2.93. The largest absolute Gasteiger partial charge is 0.497 e. The summed E-state index contributed by atoms with van der Waals surface area (Å²) < 4.78 is 15.7. The molecule has 1 aromatic carbocycles. The summed E-state index contributed by atoms with van der Waals surface area (Å²) in [5.74, 6) is 2.20. The van der Waals surface area contributed by atoms with Crippen molar-refractivity contribution in [2.24, 2.45) is 0 Å². The first-order chi connectivity index (χ1) is 9.63. The lowest BCUT2D eigenvalue weighted by Gasteiger charge is -2.08. The minimum absolute atomic E-state index is 0.129. The van der Waals surface area contributed by atoms with Gasteiger partial charge in [-0.25, -0.2) is 0 Å². The van der Waals surface area contributed by atoms with Crippen LogP contribution in [0.2, 0.25) is 0 Å². The second kappa shape index (κ2) is 6.18. The van der Waals surface area contributed by atoms with E-state index in [9.17, 15) is 4.79 Å². The molecule has 20 heavy (non-hydrogen) atoms. The Hall–Kier alpha value is -2.37. The van der Waals surface area contributed by atoms with E-state index in [1.165, 1.54) is 0 Å².